The molecule has 2 heteroatoms. The predicted molar refractivity (Wildman–Crippen MR) is 229 cm³/mol. The third kappa shape index (κ3) is 4.81. The standard InChI is InChI=1S/C52H33NO/c1-2-11-34(12-3-1)35-23-28-40(29-24-35)53(41-30-25-38(26-31-41)43-18-10-20-49-51(43)46-17-8-9-19-48(46)54-49)47-33-39-22-21-36-13-4-6-15-42(36)50(39)52-44-16-7-5-14-37(44)27-32-45(47)52/h1-33H. The summed E-state index contributed by atoms with van der Waals surface area (Å²) in [6, 6.07) is 72.3. The van der Waals surface area contributed by atoms with E-state index in [1.807, 2.05) is 12.1 Å². The Hall–Kier alpha value is -7.16. The SMILES string of the molecule is c1ccc(-c2ccc(N(c3ccc(-c4cccc5oc6ccccc6c45)cc3)c3cc4ccc5ccccc5c4c4c3ccc3ccccc34)cc2)cc1. The second-order valence-electron chi connectivity index (χ2n) is 14.1. The molecule has 0 atom stereocenters. The van der Waals surface area contributed by atoms with Gasteiger partial charge < -0.3 is 9.32 Å². The van der Waals surface area contributed by atoms with E-state index in [-0.39, 0.29) is 0 Å². The number of para-hydroxylation sites is 1. The van der Waals surface area contributed by atoms with Crippen molar-refractivity contribution in [1.29, 1.82) is 0 Å². The first-order chi connectivity index (χ1) is 26.8. The van der Waals surface area contributed by atoms with Gasteiger partial charge in [-0.3, -0.25) is 0 Å². The molecule has 0 aliphatic carbocycles. The first kappa shape index (κ1) is 30.5. The van der Waals surface area contributed by atoms with Crippen LogP contribution in [0.1, 0.15) is 0 Å². The Balaban J connectivity index is 1.16. The Labute approximate surface area is 312 Å². The molecule has 0 aliphatic heterocycles. The van der Waals surface area contributed by atoms with E-state index in [0.29, 0.717) is 0 Å². The molecular weight excluding hydrogens is 655 g/mol. The Bertz CT molecular complexity index is 3190. The van der Waals surface area contributed by atoms with Crippen LogP contribution in [0.25, 0.3) is 87.3 Å². The summed E-state index contributed by atoms with van der Waals surface area (Å²) in [6.07, 6.45) is 0. The third-order valence-corrected chi connectivity index (χ3v) is 11.0. The van der Waals surface area contributed by atoms with Crippen LogP contribution in [0.4, 0.5) is 17.1 Å². The molecule has 0 amide bonds. The molecule has 1 aromatic heterocycles. The molecule has 252 valence electrons. The molecule has 0 unspecified atom stereocenters. The van der Waals surface area contributed by atoms with Crippen LogP contribution in [0.15, 0.2) is 205 Å². The van der Waals surface area contributed by atoms with Crippen LogP contribution in [0.3, 0.4) is 0 Å². The van der Waals surface area contributed by atoms with Gasteiger partial charge in [-0.1, -0.05) is 158 Å². The number of fused-ring (bicyclic) bond motifs is 10. The molecule has 54 heavy (non-hydrogen) atoms. The van der Waals surface area contributed by atoms with Crippen LogP contribution < -0.4 is 4.90 Å². The maximum Gasteiger partial charge on any atom is 0.136 e. The maximum absolute atomic E-state index is 6.26. The molecule has 0 spiro atoms. The molecule has 0 saturated carbocycles. The fourth-order valence-corrected chi connectivity index (χ4v) is 8.52. The molecule has 2 nitrogen and oxygen atoms in total. The van der Waals surface area contributed by atoms with Crippen LogP contribution >= 0.6 is 0 Å². The number of hydrogen-bond donors (Lipinski definition) is 0. The van der Waals surface area contributed by atoms with Gasteiger partial charge in [-0.25, -0.2) is 0 Å². The van der Waals surface area contributed by atoms with Crippen LogP contribution in [-0.2, 0) is 0 Å². The molecule has 0 N–H and O–H groups in total. The molecular formula is C52H33NO. The van der Waals surface area contributed by atoms with Crippen LogP contribution in [-0.4, -0.2) is 0 Å². The molecule has 10 aromatic carbocycles. The van der Waals surface area contributed by atoms with E-state index in [4.69, 9.17) is 4.42 Å². The number of nitrogens with zero attached hydrogens (tertiary/aromatic N) is 1. The van der Waals surface area contributed by atoms with Gasteiger partial charge in [0.15, 0.2) is 0 Å². The summed E-state index contributed by atoms with van der Waals surface area (Å²) in [5, 5.41) is 12.3. The lowest BCUT2D eigenvalue weighted by Crippen LogP contribution is -2.10. The highest BCUT2D eigenvalue weighted by molar-refractivity contribution is 6.30. The number of anilines is 3. The average Bonchev–Trinajstić information content (AvgIpc) is 3.63. The van der Waals surface area contributed by atoms with Crippen molar-refractivity contribution >= 4 is 82.1 Å². The van der Waals surface area contributed by atoms with Crippen LogP contribution in [0.5, 0.6) is 0 Å². The largest absolute Gasteiger partial charge is 0.456 e. The first-order valence-electron chi connectivity index (χ1n) is 18.5. The van der Waals surface area contributed by atoms with E-state index in [2.05, 4.69) is 193 Å². The summed E-state index contributed by atoms with van der Waals surface area (Å²) in [5.74, 6) is 0. The van der Waals surface area contributed by atoms with E-state index in [1.54, 1.807) is 0 Å². The van der Waals surface area contributed by atoms with Gasteiger partial charge in [-0.15, -0.1) is 0 Å². The summed E-state index contributed by atoms with van der Waals surface area (Å²) < 4.78 is 6.26. The summed E-state index contributed by atoms with van der Waals surface area (Å²) >= 11 is 0. The number of furan rings is 1. The highest BCUT2D eigenvalue weighted by atomic mass is 16.3. The minimum atomic E-state index is 0.903. The first-order valence-corrected chi connectivity index (χ1v) is 18.5. The molecule has 0 aliphatic rings. The highest BCUT2D eigenvalue weighted by Crippen LogP contribution is 2.46. The van der Waals surface area contributed by atoms with E-state index in [0.717, 1.165) is 50.1 Å². The lowest BCUT2D eigenvalue weighted by molar-refractivity contribution is 0.669. The summed E-state index contributed by atoms with van der Waals surface area (Å²) in [6.45, 7) is 0. The normalized spacial score (nSPS) is 11.7. The van der Waals surface area contributed by atoms with Gasteiger partial charge in [0.1, 0.15) is 11.2 Å². The topological polar surface area (TPSA) is 16.4 Å². The molecule has 0 bridgehead atoms. The van der Waals surface area contributed by atoms with Crippen molar-refractivity contribution in [3.05, 3.63) is 200 Å². The van der Waals surface area contributed by atoms with E-state index in [9.17, 15) is 0 Å². The monoisotopic (exact) mass is 687 g/mol. The second kappa shape index (κ2) is 12.2. The Kier molecular flexibility index (Phi) is 6.90. The lowest BCUT2D eigenvalue weighted by atomic mass is 9.91. The predicted octanol–water partition coefficient (Wildman–Crippen LogP) is 15.0. The van der Waals surface area contributed by atoms with Crippen molar-refractivity contribution in [2.24, 2.45) is 0 Å². The number of benzene rings is 10. The van der Waals surface area contributed by atoms with Crippen molar-refractivity contribution in [2.75, 3.05) is 4.90 Å². The fraction of sp³-hybridized carbons (Fsp3) is 0. The van der Waals surface area contributed by atoms with Crippen molar-refractivity contribution in [3.63, 3.8) is 0 Å². The van der Waals surface area contributed by atoms with Gasteiger partial charge in [-0.2, -0.15) is 0 Å². The number of hydrogen-bond acceptors (Lipinski definition) is 2. The Morgan fingerprint density at radius 2 is 0.870 bits per heavy atom. The minimum absolute atomic E-state index is 0.903. The molecule has 11 rings (SSSR count). The zero-order valence-electron chi connectivity index (χ0n) is 29.4. The highest BCUT2D eigenvalue weighted by Gasteiger charge is 2.21. The zero-order valence-corrected chi connectivity index (χ0v) is 29.4. The van der Waals surface area contributed by atoms with E-state index >= 15 is 0 Å². The quantitative estimate of drug-likeness (QED) is 0.168. The summed E-state index contributed by atoms with van der Waals surface area (Å²) in [4.78, 5) is 2.43. The van der Waals surface area contributed by atoms with Crippen molar-refractivity contribution in [2.45, 2.75) is 0 Å². The molecule has 1 heterocycles. The zero-order chi connectivity index (χ0) is 35.6. The van der Waals surface area contributed by atoms with Crippen molar-refractivity contribution < 1.29 is 4.42 Å². The smallest absolute Gasteiger partial charge is 0.136 e. The Morgan fingerprint density at radius 1 is 0.315 bits per heavy atom. The van der Waals surface area contributed by atoms with Gasteiger partial charge in [0.2, 0.25) is 0 Å². The fourth-order valence-electron chi connectivity index (χ4n) is 8.52. The third-order valence-electron chi connectivity index (χ3n) is 11.0. The summed E-state index contributed by atoms with van der Waals surface area (Å²) in [7, 11) is 0. The van der Waals surface area contributed by atoms with Gasteiger partial charge in [0.05, 0.1) is 5.69 Å². The van der Waals surface area contributed by atoms with Gasteiger partial charge in [0, 0.05) is 32.9 Å². The van der Waals surface area contributed by atoms with E-state index < -0.39 is 0 Å². The number of rotatable bonds is 5. The van der Waals surface area contributed by atoms with Gasteiger partial charge >= 0.3 is 0 Å². The van der Waals surface area contributed by atoms with Crippen molar-refractivity contribution in [3.8, 4) is 22.3 Å². The summed E-state index contributed by atoms with van der Waals surface area (Å²) in [5.41, 5.74) is 9.84. The van der Waals surface area contributed by atoms with Crippen molar-refractivity contribution in [1.82, 2.24) is 0 Å². The molecule has 0 radical (unpaired) electrons. The van der Waals surface area contributed by atoms with Gasteiger partial charge in [0.25, 0.3) is 0 Å². The second-order valence-corrected chi connectivity index (χ2v) is 14.1. The lowest BCUT2D eigenvalue weighted by Gasteiger charge is -2.28. The van der Waals surface area contributed by atoms with E-state index in [1.165, 1.54) is 54.2 Å². The Morgan fingerprint density at radius 3 is 1.61 bits per heavy atom. The maximum atomic E-state index is 6.26. The molecule has 0 fully saturated rings. The minimum Gasteiger partial charge on any atom is -0.456 e. The average molecular weight is 688 g/mol. The van der Waals surface area contributed by atoms with Crippen LogP contribution in [0, 0.1) is 0 Å². The molecule has 0 saturated heterocycles. The van der Waals surface area contributed by atoms with Crippen LogP contribution in [0.2, 0.25) is 0 Å². The molecule has 11 aromatic rings. The van der Waals surface area contributed by atoms with Gasteiger partial charge in [-0.05, 0) is 97.0 Å².